The molecular weight excluding hydrogens is 1270 g/mol. The van der Waals surface area contributed by atoms with Crippen molar-refractivity contribution >= 4 is 109 Å². The van der Waals surface area contributed by atoms with E-state index in [9.17, 15) is 40.0 Å². The Morgan fingerprint density at radius 3 is 1.49 bits per heavy atom. The third kappa shape index (κ3) is 16.2. The van der Waals surface area contributed by atoms with Gasteiger partial charge in [0.25, 0.3) is 0 Å². The maximum absolute atomic E-state index is 14.0. The standard InChI is InChI=1S/C16H18N2O.C15H16F2N2O.2C15H18N2O2S.C14H17N3O/c1-11-3-4-14-15(10-17-16(14)9-11)13-5-7-18(8-6-13)12(2)19;1-9(20)19-4-2-10(3-5-19)12-8-18-14-7-11(16)6-13(17)15(12)14;1-11-3-4-13-14(10-16-15(13)9-11)12-5-7-17(8-6-12)20(2,18)19;1-16-11-14(13-5-3-4-6-15(13)16)12-7-9-17(10-8-12)20(2,18)19;1-10(18)17-6-3-11(4-7-17)13-8-16-14-9-15-5-2-12(13)14/h3-5,9-10,17H,6-8H2,1-2H3;6-8,10,18H,2-5H2,1H3;3-5,9-10,16H,6-8H2,1-2H3;3-7,11H,8-10H2,1-2H3;2,5,8-9,11,16H,3-4,6-7H2,1H3. The number of carbonyl (C=O) groups excluding carboxylic acids is 3. The van der Waals surface area contributed by atoms with E-state index in [1.165, 1.54) is 110 Å². The number of nitrogens with one attached hydrogen (secondary N) is 4. The zero-order valence-electron chi connectivity index (χ0n) is 56.5. The van der Waals surface area contributed by atoms with Crippen LogP contribution in [0.3, 0.4) is 0 Å². The van der Waals surface area contributed by atoms with Gasteiger partial charge in [-0.25, -0.2) is 25.6 Å². The third-order valence-electron chi connectivity index (χ3n) is 19.5. The topological polar surface area (TPSA) is 217 Å². The van der Waals surface area contributed by atoms with Crippen molar-refractivity contribution in [3.05, 3.63) is 191 Å². The number of hydrogen-bond donors (Lipinski definition) is 4. The van der Waals surface area contributed by atoms with E-state index in [1.54, 1.807) is 31.9 Å². The lowest BCUT2D eigenvalue weighted by atomic mass is 9.89. The van der Waals surface area contributed by atoms with Crippen molar-refractivity contribution in [3.63, 3.8) is 0 Å². The zero-order valence-corrected chi connectivity index (χ0v) is 58.1. The Bertz CT molecular complexity index is 4890. The maximum atomic E-state index is 14.0. The quantitative estimate of drug-likeness (QED) is 0.120. The summed E-state index contributed by atoms with van der Waals surface area (Å²) in [6.07, 6.45) is 28.7. The number of hydrogen-bond acceptors (Lipinski definition) is 8. The molecule has 22 heteroatoms. The predicted molar refractivity (Wildman–Crippen MR) is 385 cm³/mol. The van der Waals surface area contributed by atoms with E-state index in [0.29, 0.717) is 56.1 Å². The predicted octanol–water partition coefficient (Wildman–Crippen LogP) is 13.3. The van der Waals surface area contributed by atoms with Gasteiger partial charge in [-0.15, -0.1) is 0 Å². The van der Waals surface area contributed by atoms with E-state index in [1.807, 2.05) is 59.7 Å². The van der Waals surface area contributed by atoms with E-state index in [4.69, 9.17) is 0 Å². The molecular formula is C75H87F2N11O7S2. The number of carbonyl (C=O) groups is 3. The molecule has 5 aliphatic rings. The molecule has 0 spiro atoms. The van der Waals surface area contributed by atoms with Gasteiger partial charge in [-0.05, 0) is 140 Å². The summed E-state index contributed by atoms with van der Waals surface area (Å²) in [4.78, 5) is 56.6. The molecule has 5 aliphatic heterocycles. The molecule has 0 bridgehead atoms. The van der Waals surface area contributed by atoms with Crippen molar-refractivity contribution in [3.8, 4) is 0 Å². The maximum Gasteiger partial charge on any atom is 0.219 e. The fourth-order valence-electron chi connectivity index (χ4n) is 14.1. The number of benzene rings is 4. The highest BCUT2D eigenvalue weighted by atomic mass is 32.2. The Morgan fingerprint density at radius 2 is 0.990 bits per heavy atom. The molecule has 11 heterocycles. The first-order chi connectivity index (χ1) is 46.4. The molecule has 4 N–H and O–H groups in total. The van der Waals surface area contributed by atoms with Crippen molar-refractivity contribution in [1.82, 2.24) is 52.8 Å². The Kier molecular flexibility index (Phi) is 21.3. The van der Waals surface area contributed by atoms with Crippen LogP contribution in [0.25, 0.3) is 71.2 Å². The second-order valence-corrected chi connectivity index (χ2v) is 30.1. The highest BCUT2D eigenvalue weighted by molar-refractivity contribution is 7.88. The summed E-state index contributed by atoms with van der Waals surface area (Å²) in [6, 6.07) is 25.4. The van der Waals surface area contributed by atoms with Gasteiger partial charge in [0.05, 0.1) is 29.7 Å². The van der Waals surface area contributed by atoms with Crippen LogP contribution in [0.4, 0.5) is 8.78 Å². The summed E-state index contributed by atoms with van der Waals surface area (Å²) >= 11 is 0. The fraction of sp³-hybridized carbons (Fsp3) is 0.360. The summed E-state index contributed by atoms with van der Waals surface area (Å²) < 4.78 is 78.4. The number of fused-ring (bicyclic) bond motifs is 5. The van der Waals surface area contributed by atoms with E-state index in [0.717, 1.165) is 93.8 Å². The summed E-state index contributed by atoms with van der Waals surface area (Å²) in [5.41, 5.74) is 17.3. The second kappa shape index (κ2) is 29.8. The number of nitrogens with zero attached hydrogens (tertiary/aromatic N) is 7. The molecule has 6 aromatic heterocycles. The molecule has 10 aromatic rings. The highest BCUT2D eigenvalue weighted by Gasteiger charge is 2.28. The number of likely N-dealkylation sites (tertiary alicyclic amines) is 2. The summed E-state index contributed by atoms with van der Waals surface area (Å²) in [6.45, 7) is 15.7. The van der Waals surface area contributed by atoms with Crippen LogP contribution in [-0.2, 0) is 41.5 Å². The smallest absolute Gasteiger partial charge is 0.219 e. The van der Waals surface area contributed by atoms with Gasteiger partial charge in [-0.3, -0.25) is 19.4 Å². The van der Waals surface area contributed by atoms with Crippen LogP contribution in [0.15, 0.2) is 140 Å². The summed E-state index contributed by atoms with van der Waals surface area (Å²) in [5, 5.41) is 5.45. The van der Waals surface area contributed by atoms with Gasteiger partial charge in [-0.2, -0.15) is 8.61 Å². The first kappa shape index (κ1) is 69.4. The van der Waals surface area contributed by atoms with Crippen molar-refractivity contribution in [2.45, 2.75) is 91.4 Å². The molecule has 18 nitrogen and oxygen atoms in total. The summed E-state index contributed by atoms with van der Waals surface area (Å²) in [5.74, 6) is 0.0909. The van der Waals surface area contributed by atoms with Crippen molar-refractivity contribution in [2.24, 2.45) is 7.05 Å². The van der Waals surface area contributed by atoms with Crippen LogP contribution in [0, 0.1) is 25.5 Å². The molecule has 2 saturated heterocycles. The lowest BCUT2D eigenvalue weighted by Gasteiger charge is -2.31. The van der Waals surface area contributed by atoms with E-state index in [2.05, 4.69) is 123 Å². The number of sulfonamides is 2. The Morgan fingerprint density at radius 1 is 0.505 bits per heavy atom. The van der Waals surface area contributed by atoms with Crippen molar-refractivity contribution < 1.29 is 40.0 Å². The molecule has 0 unspecified atom stereocenters. The first-order valence-electron chi connectivity index (χ1n) is 33.2. The number of pyridine rings is 1. The normalized spacial score (nSPS) is 16.9. The number of H-pyrrole nitrogens is 4. The molecule has 15 rings (SSSR count). The van der Waals surface area contributed by atoms with E-state index in [-0.39, 0.29) is 23.6 Å². The van der Waals surface area contributed by atoms with Gasteiger partial charge in [-0.1, -0.05) is 60.7 Å². The van der Waals surface area contributed by atoms with Crippen LogP contribution >= 0.6 is 0 Å². The largest absolute Gasteiger partial charge is 0.361 e. The van der Waals surface area contributed by atoms with Gasteiger partial charge >= 0.3 is 0 Å². The number of para-hydroxylation sites is 1. The van der Waals surface area contributed by atoms with Crippen LogP contribution in [0.2, 0.25) is 0 Å². The minimum Gasteiger partial charge on any atom is -0.361 e. The molecule has 3 amide bonds. The van der Waals surface area contributed by atoms with Gasteiger partial charge in [0.1, 0.15) is 11.6 Å². The Labute approximate surface area is 566 Å². The van der Waals surface area contributed by atoms with Gasteiger partial charge < -0.3 is 39.2 Å². The minimum absolute atomic E-state index is 0.0793. The molecule has 2 fully saturated rings. The second-order valence-electron chi connectivity index (χ2n) is 26.1. The first-order valence-corrected chi connectivity index (χ1v) is 36.9. The number of piperidine rings is 2. The van der Waals surface area contributed by atoms with Crippen LogP contribution in [0.1, 0.15) is 116 Å². The average molecular weight is 1360 g/mol. The summed E-state index contributed by atoms with van der Waals surface area (Å²) in [7, 11) is -4.13. The van der Waals surface area contributed by atoms with E-state index < -0.39 is 31.7 Å². The molecule has 0 aliphatic carbocycles. The average Bonchev–Trinajstić information content (AvgIpc) is 1.72. The van der Waals surface area contributed by atoms with Crippen LogP contribution in [-0.4, -0.2) is 165 Å². The number of rotatable bonds is 7. The minimum atomic E-state index is -3.09. The number of aromatic nitrogens is 6. The molecule has 0 radical (unpaired) electrons. The molecule has 97 heavy (non-hydrogen) atoms. The monoisotopic (exact) mass is 1360 g/mol. The number of aromatic amines is 4. The Hall–Kier alpha value is -8.96. The lowest BCUT2D eigenvalue weighted by Crippen LogP contribution is -2.36. The van der Waals surface area contributed by atoms with E-state index >= 15 is 0 Å². The lowest BCUT2D eigenvalue weighted by molar-refractivity contribution is -0.130. The number of aryl methyl sites for hydroxylation is 3. The molecule has 0 atom stereocenters. The fourth-order valence-corrected chi connectivity index (χ4v) is 15.6. The third-order valence-corrected chi connectivity index (χ3v) is 22.1. The van der Waals surface area contributed by atoms with Gasteiger partial charge in [0.15, 0.2) is 0 Å². The van der Waals surface area contributed by atoms with Crippen LogP contribution in [0.5, 0.6) is 0 Å². The molecule has 4 aromatic carbocycles. The van der Waals surface area contributed by atoms with Crippen LogP contribution < -0.4 is 0 Å². The van der Waals surface area contributed by atoms with Gasteiger partial charge in [0.2, 0.25) is 37.8 Å². The van der Waals surface area contributed by atoms with Gasteiger partial charge in [0, 0.05) is 197 Å². The SMILES string of the molecule is CC(=O)N1CC=C(c2c[nH]c3cc(C)ccc23)CC1.CC(=O)N1CCC(c2c[nH]c3cc(F)cc(F)c23)CC1.CC(=O)N1CCC(c2c[nH]c3cnccc23)CC1.Cc1ccc2c(C3=CCN(S(C)(=O)=O)CC3)c[nH]c2c1.Cn1cc(C2=CCN(S(C)(=O)=O)CC2)c2ccccc21. The van der Waals surface area contributed by atoms with Crippen molar-refractivity contribution in [1.29, 1.82) is 0 Å². The van der Waals surface area contributed by atoms with Crippen molar-refractivity contribution in [2.75, 3.05) is 78.0 Å². The molecule has 0 saturated carbocycles. The Balaban J connectivity index is 0.000000123. The zero-order chi connectivity index (χ0) is 68.9. The number of halogens is 2. The number of amides is 3. The highest BCUT2D eigenvalue weighted by Crippen LogP contribution is 2.38. The molecule has 510 valence electrons.